The molecule has 0 radical (unpaired) electrons. The molecular weight excluding hydrogens is 372 g/mol. The molecule has 6 heteroatoms. The van der Waals surface area contributed by atoms with Gasteiger partial charge in [-0.3, -0.25) is 9.69 Å². The summed E-state index contributed by atoms with van der Waals surface area (Å²) in [4.78, 5) is 17.8. The summed E-state index contributed by atoms with van der Waals surface area (Å²) < 4.78 is 0. The van der Waals surface area contributed by atoms with E-state index < -0.39 is 0 Å². The molecule has 2 N–H and O–H groups in total. The monoisotopic (exact) mass is 406 g/mol. The molecule has 3 rings (SSSR count). The molecule has 0 saturated carbocycles. The number of carbonyl (C=O) groups is 1. The predicted octanol–water partition coefficient (Wildman–Crippen LogP) is 2.88. The van der Waals surface area contributed by atoms with Gasteiger partial charge >= 0.3 is 0 Å². The lowest BCUT2D eigenvalue weighted by Crippen LogP contribution is -2.51. The van der Waals surface area contributed by atoms with Crippen molar-refractivity contribution in [2.24, 2.45) is 0 Å². The first kappa shape index (κ1) is 21.6. The minimum atomic E-state index is -0.0218. The van der Waals surface area contributed by atoms with Crippen LogP contribution in [0.3, 0.4) is 0 Å². The summed E-state index contributed by atoms with van der Waals surface area (Å²) in [5, 5.41) is 7.50. The van der Waals surface area contributed by atoms with E-state index in [9.17, 15) is 4.79 Å². The van der Waals surface area contributed by atoms with E-state index in [1.807, 2.05) is 25.1 Å². The summed E-state index contributed by atoms with van der Waals surface area (Å²) in [6, 6.07) is 8.77. The van der Waals surface area contributed by atoms with Gasteiger partial charge in [-0.2, -0.15) is 0 Å². The number of halogens is 1. The number of piperidine rings is 1. The minimum Gasteiger partial charge on any atom is -0.355 e. The fourth-order valence-corrected chi connectivity index (χ4v) is 4.85. The molecule has 0 bridgehead atoms. The Balaban J connectivity index is 1.61. The molecule has 2 heterocycles. The van der Waals surface area contributed by atoms with Crippen molar-refractivity contribution in [1.82, 2.24) is 20.4 Å². The standard InChI is InChI=1S/C22H35ClN4O/c1-3-11-26-12-9-19(10-13-26)27-16-18(14-21(27)22(28)24-4-2)25-15-17-7-5-6-8-20(17)23/h5-8,18-19,21,25H,3-4,9-16H2,1-2H3,(H,24,28)/t18-,21+/m1/s1. The number of hydrogen-bond acceptors (Lipinski definition) is 4. The molecule has 1 aromatic rings. The Morgan fingerprint density at radius 2 is 1.96 bits per heavy atom. The summed E-state index contributed by atoms with van der Waals surface area (Å²) in [5.74, 6) is 0.181. The Hall–Kier alpha value is -1.14. The molecule has 0 unspecified atom stereocenters. The summed E-state index contributed by atoms with van der Waals surface area (Å²) >= 11 is 6.30. The van der Waals surface area contributed by atoms with Gasteiger partial charge in [0.2, 0.25) is 5.91 Å². The highest BCUT2D eigenvalue weighted by Crippen LogP contribution is 2.27. The maximum Gasteiger partial charge on any atom is 0.237 e. The Labute approximate surface area is 174 Å². The molecule has 2 atom stereocenters. The lowest BCUT2D eigenvalue weighted by molar-refractivity contribution is -0.126. The van der Waals surface area contributed by atoms with Gasteiger partial charge in [-0.15, -0.1) is 0 Å². The Bertz CT molecular complexity index is 633. The van der Waals surface area contributed by atoms with Crippen LogP contribution in [0.25, 0.3) is 0 Å². The molecule has 156 valence electrons. The maximum atomic E-state index is 12.7. The van der Waals surface area contributed by atoms with Crippen LogP contribution in [0.4, 0.5) is 0 Å². The summed E-state index contributed by atoms with van der Waals surface area (Å²) in [6.45, 7) is 10.1. The first-order chi connectivity index (χ1) is 13.6. The largest absolute Gasteiger partial charge is 0.355 e. The molecule has 5 nitrogen and oxygen atoms in total. The van der Waals surface area contributed by atoms with Crippen molar-refractivity contribution in [1.29, 1.82) is 0 Å². The van der Waals surface area contributed by atoms with Crippen molar-refractivity contribution in [2.75, 3.05) is 32.7 Å². The van der Waals surface area contributed by atoms with Crippen LogP contribution >= 0.6 is 11.6 Å². The van der Waals surface area contributed by atoms with Gasteiger partial charge in [0, 0.05) is 36.7 Å². The van der Waals surface area contributed by atoms with Crippen LogP contribution in [-0.2, 0) is 11.3 Å². The van der Waals surface area contributed by atoms with Gasteiger partial charge in [0.05, 0.1) is 6.04 Å². The molecule has 2 saturated heterocycles. The summed E-state index contributed by atoms with van der Waals surface area (Å²) in [6.07, 6.45) is 4.40. The van der Waals surface area contributed by atoms with Crippen molar-refractivity contribution >= 4 is 17.5 Å². The number of nitrogens with zero attached hydrogens (tertiary/aromatic N) is 2. The number of likely N-dealkylation sites (N-methyl/N-ethyl adjacent to an activating group) is 1. The predicted molar refractivity (Wildman–Crippen MR) is 116 cm³/mol. The van der Waals surface area contributed by atoms with E-state index in [0.717, 1.165) is 56.0 Å². The molecular formula is C22H35ClN4O. The number of rotatable bonds is 8. The zero-order valence-corrected chi connectivity index (χ0v) is 18.0. The van der Waals surface area contributed by atoms with Crippen molar-refractivity contribution in [2.45, 2.75) is 64.2 Å². The second-order valence-electron chi connectivity index (χ2n) is 8.08. The van der Waals surface area contributed by atoms with Gasteiger partial charge in [0.25, 0.3) is 0 Å². The first-order valence-electron chi connectivity index (χ1n) is 10.8. The van der Waals surface area contributed by atoms with E-state index in [0.29, 0.717) is 18.6 Å². The molecule has 2 fully saturated rings. The maximum absolute atomic E-state index is 12.7. The van der Waals surface area contributed by atoms with Gasteiger partial charge in [-0.25, -0.2) is 0 Å². The third kappa shape index (κ3) is 5.47. The van der Waals surface area contributed by atoms with Gasteiger partial charge in [0.1, 0.15) is 0 Å². The van der Waals surface area contributed by atoms with E-state index in [1.165, 1.54) is 13.0 Å². The molecule has 2 aliphatic heterocycles. The highest BCUT2D eigenvalue weighted by molar-refractivity contribution is 6.31. The molecule has 0 aromatic heterocycles. The van der Waals surface area contributed by atoms with E-state index >= 15 is 0 Å². The first-order valence-corrected chi connectivity index (χ1v) is 11.2. The minimum absolute atomic E-state index is 0.0218. The average molecular weight is 407 g/mol. The highest BCUT2D eigenvalue weighted by Gasteiger charge is 2.40. The van der Waals surface area contributed by atoms with Gasteiger partial charge in [0.15, 0.2) is 0 Å². The fourth-order valence-electron chi connectivity index (χ4n) is 4.65. The molecule has 1 aromatic carbocycles. The summed E-state index contributed by atoms with van der Waals surface area (Å²) in [5.41, 5.74) is 1.12. The van der Waals surface area contributed by atoms with Crippen LogP contribution in [0.5, 0.6) is 0 Å². The molecule has 0 aliphatic carbocycles. The average Bonchev–Trinajstić information content (AvgIpc) is 3.13. The third-order valence-corrected chi connectivity index (χ3v) is 6.47. The van der Waals surface area contributed by atoms with Crippen molar-refractivity contribution < 1.29 is 4.79 Å². The Kier molecular flexibility index (Phi) is 8.15. The number of benzene rings is 1. The van der Waals surface area contributed by atoms with Crippen LogP contribution in [0.15, 0.2) is 24.3 Å². The zero-order valence-electron chi connectivity index (χ0n) is 17.3. The summed E-state index contributed by atoms with van der Waals surface area (Å²) in [7, 11) is 0. The number of likely N-dealkylation sites (tertiary alicyclic amines) is 2. The van der Waals surface area contributed by atoms with E-state index in [4.69, 9.17) is 11.6 Å². The number of carbonyl (C=O) groups excluding carboxylic acids is 1. The molecule has 2 aliphatic rings. The number of hydrogen-bond donors (Lipinski definition) is 2. The smallest absolute Gasteiger partial charge is 0.237 e. The van der Waals surface area contributed by atoms with E-state index in [1.54, 1.807) is 0 Å². The van der Waals surface area contributed by atoms with E-state index in [2.05, 4.69) is 33.4 Å². The van der Waals surface area contributed by atoms with Gasteiger partial charge < -0.3 is 15.5 Å². The molecule has 0 spiro atoms. The molecule has 28 heavy (non-hydrogen) atoms. The number of amides is 1. The van der Waals surface area contributed by atoms with Gasteiger partial charge in [-0.05, 0) is 63.9 Å². The van der Waals surface area contributed by atoms with E-state index in [-0.39, 0.29) is 11.9 Å². The third-order valence-electron chi connectivity index (χ3n) is 6.10. The fraction of sp³-hybridized carbons (Fsp3) is 0.682. The quantitative estimate of drug-likeness (QED) is 0.696. The highest BCUT2D eigenvalue weighted by atomic mass is 35.5. The van der Waals surface area contributed by atoms with Crippen LogP contribution in [0.1, 0.15) is 45.1 Å². The molecule has 1 amide bonds. The second-order valence-corrected chi connectivity index (χ2v) is 8.49. The van der Waals surface area contributed by atoms with Crippen LogP contribution in [-0.4, -0.2) is 66.6 Å². The second kappa shape index (κ2) is 10.6. The SMILES string of the molecule is CCCN1CCC(N2C[C@H](NCc3ccccc3Cl)C[C@H]2C(=O)NCC)CC1. The van der Waals surface area contributed by atoms with Crippen molar-refractivity contribution in [3.05, 3.63) is 34.9 Å². The normalized spacial score (nSPS) is 24.5. The zero-order chi connectivity index (χ0) is 19.9. The van der Waals surface area contributed by atoms with Crippen molar-refractivity contribution in [3.63, 3.8) is 0 Å². The lowest BCUT2D eigenvalue weighted by atomic mass is 10.0. The lowest BCUT2D eigenvalue weighted by Gasteiger charge is -2.38. The Morgan fingerprint density at radius 1 is 1.21 bits per heavy atom. The van der Waals surface area contributed by atoms with Crippen LogP contribution in [0.2, 0.25) is 5.02 Å². The van der Waals surface area contributed by atoms with Gasteiger partial charge in [-0.1, -0.05) is 36.7 Å². The van der Waals surface area contributed by atoms with Crippen LogP contribution < -0.4 is 10.6 Å². The van der Waals surface area contributed by atoms with Crippen LogP contribution in [0, 0.1) is 0 Å². The Morgan fingerprint density at radius 3 is 2.64 bits per heavy atom. The topological polar surface area (TPSA) is 47.6 Å². The number of nitrogens with one attached hydrogen (secondary N) is 2. The van der Waals surface area contributed by atoms with Crippen molar-refractivity contribution in [3.8, 4) is 0 Å².